The fraction of sp³-hybridized carbons (Fsp3) is 0.400. The van der Waals surface area contributed by atoms with E-state index < -0.39 is 6.36 Å². The molecule has 2 aliphatic heterocycles. The minimum absolute atomic E-state index is 0.0193. The molecule has 250 valence electrons. The molecular weight excluding hydrogens is 612 g/mol. The van der Waals surface area contributed by atoms with Gasteiger partial charge in [-0.2, -0.15) is 0 Å². The molecule has 0 bridgehead atoms. The lowest BCUT2D eigenvalue weighted by Crippen LogP contribution is -2.55. The first-order valence-electron chi connectivity index (χ1n) is 16.1. The number of amides is 1. The Kier molecular flexibility index (Phi) is 10.4. The van der Waals surface area contributed by atoms with Gasteiger partial charge >= 0.3 is 6.36 Å². The second-order valence-electron chi connectivity index (χ2n) is 12.2. The van der Waals surface area contributed by atoms with Crippen LogP contribution in [0.5, 0.6) is 5.75 Å². The average molecular weight is 653 g/mol. The largest absolute Gasteiger partial charge is 0.573 e. The summed E-state index contributed by atoms with van der Waals surface area (Å²) in [6.07, 6.45) is -2.01. The van der Waals surface area contributed by atoms with Crippen LogP contribution >= 0.6 is 0 Å². The van der Waals surface area contributed by atoms with Gasteiger partial charge in [-0.3, -0.25) is 14.6 Å². The summed E-state index contributed by atoms with van der Waals surface area (Å²) in [5, 5.41) is 10.5. The van der Waals surface area contributed by atoms with Crippen LogP contribution in [0.15, 0.2) is 72.9 Å². The van der Waals surface area contributed by atoms with Crippen molar-refractivity contribution in [1.82, 2.24) is 30.3 Å². The molecule has 0 spiro atoms. The Bertz CT molecular complexity index is 1640. The molecule has 1 atom stereocenters. The summed E-state index contributed by atoms with van der Waals surface area (Å²) in [4.78, 5) is 17.2. The normalized spacial score (nSPS) is 18.0. The third kappa shape index (κ3) is 8.69. The molecule has 1 aromatic heterocycles. The summed E-state index contributed by atoms with van der Waals surface area (Å²) >= 11 is 0. The van der Waals surface area contributed by atoms with Crippen LogP contribution < -0.4 is 20.7 Å². The van der Waals surface area contributed by atoms with Gasteiger partial charge in [0.25, 0.3) is 0 Å². The van der Waals surface area contributed by atoms with Crippen molar-refractivity contribution in [2.24, 2.45) is 0 Å². The van der Waals surface area contributed by atoms with E-state index in [1.807, 2.05) is 18.3 Å². The van der Waals surface area contributed by atoms with Crippen molar-refractivity contribution in [3.05, 3.63) is 89.9 Å². The van der Waals surface area contributed by atoms with Crippen LogP contribution in [0.2, 0.25) is 0 Å². The highest BCUT2D eigenvalue weighted by atomic mass is 19.4. The number of nitrogens with zero attached hydrogens (tertiary/aromatic N) is 3. The van der Waals surface area contributed by atoms with Crippen LogP contribution in [-0.4, -0.2) is 85.0 Å². The quantitative estimate of drug-likeness (QED) is 0.161. The maximum atomic E-state index is 14.2. The number of carbonyl (C=O) groups excluding carboxylic acids is 1. The van der Waals surface area contributed by atoms with Gasteiger partial charge in [0, 0.05) is 100 Å². The highest BCUT2D eigenvalue weighted by Gasteiger charge is 2.31. The Morgan fingerprint density at radius 3 is 2.38 bits per heavy atom. The van der Waals surface area contributed by atoms with Gasteiger partial charge in [-0.05, 0) is 47.9 Å². The number of carbonyl (C=O) groups is 1. The van der Waals surface area contributed by atoms with E-state index in [-0.39, 0.29) is 23.5 Å². The predicted octanol–water partition coefficient (Wildman–Crippen LogP) is 4.73. The minimum atomic E-state index is -4.76. The van der Waals surface area contributed by atoms with Gasteiger partial charge in [-0.15, -0.1) is 13.2 Å². The number of alkyl halides is 3. The molecule has 3 heterocycles. The molecule has 2 fully saturated rings. The standard InChI is InChI=1S/C35H40F4N6O2/c36-31-5-2-1-4-27(31)23-44-18-16-43(17-19-44)22-25-6-11-33-29(20-25)30(26-7-9-28(10-8-26)47-35(37,38)39)24-45(33)15-3-12-42-34(46)32-21-40-13-14-41-32/h1-2,4-11,20,24,32,40-41H,3,12-19,21-23H2,(H,42,46). The summed E-state index contributed by atoms with van der Waals surface area (Å²) in [6.45, 7) is 8.14. The molecule has 47 heavy (non-hydrogen) atoms. The van der Waals surface area contributed by atoms with Crippen LogP contribution in [0.1, 0.15) is 17.5 Å². The first kappa shape index (κ1) is 33.0. The smallest absolute Gasteiger partial charge is 0.406 e. The van der Waals surface area contributed by atoms with Crippen molar-refractivity contribution >= 4 is 16.8 Å². The van der Waals surface area contributed by atoms with Gasteiger partial charge < -0.3 is 25.3 Å². The maximum absolute atomic E-state index is 14.2. The number of aryl methyl sites for hydroxylation is 1. The van der Waals surface area contributed by atoms with E-state index in [2.05, 4.69) is 53.3 Å². The van der Waals surface area contributed by atoms with E-state index in [0.717, 1.165) is 73.4 Å². The first-order valence-corrected chi connectivity index (χ1v) is 16.1. The summed E-state index contributed by atoms with van der Waals surface area (Å²) in [6, 6.07) is 19.0. The number of ether oxygens (including phenoxy) is 1. The van der Waals surface area contributed by atoms with Gasteiger partial charge in [-0.25, -0.2) is 4.39 Å². The number of rotatable bonds is 11. The zero-order chi connectivity index (χ0) is 32.8. The third-order valence-electron chi connectivity index (χ3n) is 8.80. The Labute approximate surface area is 271 Å². The van der Waals surface area contributed by atoms with Crippen molar-refractivity contribution < 1.29 is 27.1 Å². The van der Waals surface area contributed by atoms with E-state index in [9.17, 15) is 22.4 Å². The monoisotopic (exact) mass is 652 g/mol. The number of piperazine rings is 2. The molecule has 2 saturated heterocycles. The Morgan fingerprint density at radius 2 is 1.68 bits per heavy atom. The van der Waals surface area contributed by atoms with Gasteiger partial charge in [0.15, 0.2) is 0 Å². The second-order valence-corrected chi connectivity index (χ2v) is 12.2. The molecule has 3 N–H and O–H groups in total. The zero-order valence-electron chi connectivity index (χ0n) is 26.2. The molecular formula is C35H40F4N6O2. The van der Waals surface area contributed by atoms with Gasteiger partial charge in [-0.1, -0.05) is 36.4 Å². The molecule has 0 aliphatic carbocycles. The Balaban J connectivity index is 1.15. The minimum Gasteiger partial charge on any atom is -0.406 e. The number of benzene rings is 3. The van der Waals surface area contributed by atoms with Gasteiger partial charge in [0.1, 0.15) is 11.6 Å². The summed E-state index contributed by atoms with van der Waals surface area (Å²) in [5.41, 5.74) is 4.56. The van der Waals surface area contributed by atoms with Crippen LogP contribution in [0.25, 0.3) is 22.0 Å². The molecule has 4 aromatic rings. The van der Waals surface area contributed by atoms with Crippen molar-refractivity contribution in [3.63, 3.8) is 0 Å². The Morgan fingerprint density at radius 1 is 0.936 bits per heavy atom. The fourth-order valence-electron chi connectivity index (χ4n) is 6.35. The lowest BCUT2D eigenvalue weighted by molar-refractivity contribution is -0.274. The van der Waals surface area contributed by atoms with Crippen LogP contribution in [-0.2, 0) is 24.4 Å². The first-order chi connectivity index (χ1) is 22.7. The molecule has 3 aromatic carbocycles. The SMILES string of the molecule is O=C(NCCCn1cc(-c2ccc(OC(F)(F)F)cc2)c2cc(CN3CCN(Cc4ccccc4F)CC3)ccc21)C1CNCCN1. The maximum Gasteiger partial charge on any atom is 0.573 e. The van der Waals surface area contributed by atoms with Gasteiger partial charge in [0.05, 0.1) is 6.04 Å². The van der Waals surface area contributed by atoms with Crippen LogP contribution in [0, 0.1) is 5.82 Å². The number of fused-ring (bicyclic) bond motifs is 1. The number of halogens is 4. The lowest BCUT2D eigenvalue weighted by Gasteiger charge is -2.34. The predicted molar refractivity (Wildman–Crippen MR) is 173 cm³/mol. The molecule has 0 radical (unpaired) electrons. The fourth-order valence-corrected chi connectivity index (χ4v) is 6.35. The Hall–Kier alpha value is -3.97. The van der Waals surface area contributed by atoms with E-state index >= 15 is 0 Å². The number of hydrogen-bond acceptors (Lipinski definition) is 6. The molecule has 6 rings (SSSR count). The molecule has 8 nitrogen and oxygen atoms in total. The summed E-state index contributed by atoms with van der Waals surface area (Å²) in [7, 11) is 0. The van der Waals surface area contributed by atoms with Crippen molar-refractivity contribution in [1.29, 1.82) is 0 Å². The van der Waals surface area contributed by atoms with Crippen LogP contribution in [0.4, 0.5) is 17.6 Å². The van der Waals surface area contributed by atoms with Gasteiger partial charge in [0.2, 0.25) is 5.91 Å². The van der Waals surface area contributed by atoms with E-state index in [4.69, 9.17) is 0 Å². The highest BCUT2D eigenvalue weighted by molar-refractivity contribution is 5.96. The number of nitrogens with one attached hydrogen (secondary N) is 3. The van der Waals surface area contributed by atoms with Crippen molar-refractivity contribution in [3.8, 4) is 16.9 Å². The molecule has 12 heteroatoms. The van der Waals surface area contributed by atoms with Crippen molar-refractivity contribution in [2.45, 2.75) is 38.5 Å². The zero-order valence-corrected chi connectivity index (χ0v) is 26.2. The second kappa shape index (κ2) is 14.8. The van der Waals surface area contributed by atoms with Crippen LogP contribution in [0.3, 0.4) is 0 Å². The lowest BCUT2D eigenvalue weighted by atomic mass is 10.0. The summed E-state index contributed by atoms with van der Waals surface area (Å²) in [5.74, 6) is -0.458. The summed E-state index contributed by atoms with van der Waals surface area (Å²) < 4.78 is 58.7. The molecule has 0 saturated carbocycles. The number of aromatic nitrogens is 1. The third-order valence-corrected chi connectivity index (χ3v) is 8.80. The average Bonchev–Trinajstić information content (AvgIpc) is 3.42. The van der Waals surface area contributed by atoms with Crippen molar-refractivity contribution in [2.75, 3.05) is 52.4 Å². The molecule has 1 unspecified atom stereocenters. The number of hydrogen-bond donors (Lipinski definition) is 3. The highest BCUT2D eigenvalue weighted by Crippen LogP contribution is 2.34. The van der Waals surface area contributed by atoms with E-state index in [1.165, 1.54) is 18.2 Å². The van der Waals surface area contributed by atoms with E-state index in [1.54, 1.807) is 18.2 Å². The molecule has 1 amide bonds. The molecule has 2 aliphatic rings. The van der Waals surface area contributed by atoms with E-state index in [0.29, 0.717) is 38.2 Å². The topological polar surface area (TPSA) is 73.8 Å².